The molecule has 200 valence electrons. The number of hydrogen-bond donors (Lipinski definition) is 2. The van der Waals surface area contributed by atoms with Crippen molar-refractivity contribution in [1.82, 2.24) is 9.29 Å². The molecule has 3 heterocycles. The minimum Gasteiger partial charge on any atom is -0.380 e. The van der Waals surface area contributed by atoms with E-state index in [0.717, 1.165) is 52.4 Å². The van der Waals surface area contributed by atoms with Crippen LogP contribution in [0.25, 0.3) is 22.0 Å². The van der Waals surface area contributed by atoms with Gasteiger partial charge < -0.3 is 15.5 Å². The molecule has 2 aromatic carbocycles. The summed E-state index contributed by atoms with van der Waals surface area (Å²) in [7, 11) is -3.36. The molecule has 0 unspecified atom stereocenters. The Hall–Kier alpha value is -2.98. The lowest BCUT2D eigenvalue weighted by atomic mass is 9.88. The molecule has 0 saturated carbocycles. The normalized spacial score (nSPS) is 15.3. The van der Waals surface area contributed by atoms with Crippen molar-refractivity contribution in [1.29, 1.82) is 0 Å². The first kappa shape index (κ1) is 26.6. The molecule has 0 bridgehead atoms. The van der Waals surface area contributed by atoms with Crippen molar-refractivity contribution in [2.75, 3.05) is 32.1 Å². The molecule has 0 radical (unpaired) electrons. The second-order valence-corrected chi connectivity index (χ2v) is 12.7. The average molecular weight is 552 g/mol. The van der Waals surface area contributed by atoms with Crippen LogP contribution in [0.4, 0.5) is 0 Å². The molecular weight excluding hydrogens is 518 g/mol. The number of nitrogens with one attached hydrogen (secondary N) is 1. The Morgan fingerprint density at radius 3 is 2.58 bits per heavy atom. The number of aromatic nitrogens is 1. The molecule has 1 fully saturated rings. The third kappa shape index (κ3) is 6.18. The molecule has 0 spiro atoms. The monoisotopic (exact) mass is 551 g/mol. The first-order valence-electron chi connectivity index (χ1n) is 12.9. The number of carbonyl (C=O) groups excluding carboxylic acids is 1. The van der Waals surface area contributed by atoms with Gasteiger partial charge in [-0.3, -0.25) is 4.79 Å². The van der Waals surface area contributed by atoms with Crippen LogP contribution in [0.2, 0.25) is 0 Å². The van der Waals surface area contributed by atoms with Crippen LogP contribution in [-0.4, -0.2) is 55.7 Å². The van der Waals surface area contributed by atoms with E-state index < -0.39 is 10.0 Å². The number of H-pyrrole nitrogens is 1. The predicted octanol–water partition coefficient (Wildman–Crippen LogP) is 4.69. The Bertz CT molecular complexity index is 1470. The summed E-state index contributed by atoms with van der Waals surface area (Å²) in [5.74, 6) is -0.142. The first-order valence-corrected chi connectivity index (χ1v) is 15.5. The number of hydrogen-bond acceptors (Lipinski definition) is 5. The van der Waals surface area contributed by atoms with Crippen LogP contribution in [-0.2, 0) is 32.4 Å². The van der Waals surface area contributed by atoms with Crippen molar-refractivity contribution in [3.8, 4) is 11.1 Å². The van der Waals surface area contributed by atoms with Gasteiger partial charge in [0, 0.05) is 30.2 Å². The van der Waals surface area contributed by atoms with Crippen molar-refractivity contribution in [2.24, 2.45) is 5.73 Å². The number of primary amides is 1. The third-order valence-electron chi connectivity index (χ3n) is 7.26. The van der Waals surface area contributed by atoms with E-state index in [1.165, 1.54) is 5.56 Å². The molecule has 1 amide bonds. The van der Waals surface area contributed by atoms with Crippen LogP contribution in [0.5, 0.6) is 0 Å². The van der Waals surface area contributed by atoms with Gasteiger partial charge in [0.25, 0.3) is 0 Å². The molecule has 1 aliphatic rings. The van der Waals surface area contributed by atoms with E-state index in [4.69, 9.17) is 10.5 Å². The molecular formula is C29H33N3O4S2. The summed E-state index contributed by atoms with van der Waals surface area (Å²) in [6, 6.07) is 16.3. The van der Waals surface area contributed by atoms with Crippen LogP contribution in [0, 0.1) is 0 Å². The minimum atomic E-state index is -3.36. The van der Waals surface area contributed by atoms with Crippen LogP contribution in [0.1, 0.15) is 35.4 Å². The van der Waals surface area contributed by atoms with E-state index in [-0.39, 0.29) is 30.6 Å². The van der Waals surface area contributed by atoms with E-state index in [1.807, 2.05) is 35.8 Å². The van der Waals surface area contributed by atoms with E-state index in [2.05, 4.69) is 34.6 Å². The smallest absolute Gasteiger partial charge is 0.221 e. The van der Waals surface area contributed by atoms with Crippen molar-refractivity contribution < 1.29 is 17.9 Å². The molecule has 1 aliphatic heterocycles. The average Bonchev–Trinajstić information content (AvgIpc) is 3.59. The molecule has 4 aromatic rings. The van der Waals surface area contributed by atoms with Gasteiger partial charge in [-0.05, 0) is 82.0 Å². The maximum Gasteiger partial charge on any atom is 0.221 e. The molecule has 0 aliphatic carbocycles. The van der Waals surface area contributed by atoms with Gasteiger partial charge in [-0.2, -0.15) is 11.3 Å². The number of aromatic amines is 1. The van der Waals surface area contributed by atoms with Gasteiger partial charge in [-0.25, -0.2) is 12.7 Å². The van der Waals surface area contributed by atoms with Gasteiger partial charge >= 0.3 is 0 Å². The lowest BCUT2D eigenvalue weighted by Crippen LogP contribution is -2.40. The lowest BCUT2D eigenvalue weighted by molar-refractivity contribution is -0.117. The predicted molar refractivity (Wildman–Crippen MR) is 153 cm³/mol. The van der Waals surface area contributed by atoms with Crippen molar-refractivity contribution in [3.63, 3.8) is 0 Å². The molecule has 2 aromatic heterocycles. The number of nitrogens with two attached hydrogens (primary N) is 1. The van der Waals surface area contributed by atoms with Gasteiger partial charge in [-0.1, -0.05) is 30.3 Å². The zero-order valence-electron chi connectivity index (χ0n) is 21.3. The Balaban J connectivity index is 1.25. The fourth-order valence-electron chi connectivity index (χ4n) is 5.26. The van der Waals surface area contributed by atoms with Gasteiger partial charge in [0.2, 0.25) is 15.9 Å². The topological polar surface area (TPSA) is 105 Å². The summed E-state index contributed by atoms with van der Waals surface area (Å²) in [4.78, 5) is 15.2. The lowest BCUT2D eigenvalue weighted by Gasteiger charge is -2.31. The second-order valence-electron chi connectivity index (χ2n) is 9.79. The van der Waals surface area contributed by atoms with E-state index in [0.29, 0.717) is 19.7 Å². The Morgan fingerprint density at radius 1 is 1.08 bits per heavy atom. The van der Waals surface area contributed by atoms with Crippen LogP contribution in [0.3, 0.4) is 0 Å². The summed E-state index contributed by atoms with van der Waals surface area (Å²) in [6.07, 6.45) is 4.45. The van der Waals surface area contributed by atoms with Gasteiger partial charge in [0.1, 0.15) is 0 Å². The Labute approximate surface area is 227 Å². The standard InChI is InChI=1S/C29H33N3O4S2/c30-28(33)18-25-16-24(22-4-2-1-3-5-22)17-26-27(19-31-29(25)26)23-6-10-32(11-7-23)38(34,35)15-13-36-12-8-21-9-14-37-20-21/h1-5,9,14,16-17,19-20,23,31H,6-8,10-13,15,18H2,(H2,30,33). The molecule has 0 atom stereocenters. The first-order chi connectivity index (χ1) is 18.4. The molecule has 9 heteroatoms. The number of benzene rings is 2. The fraction of sp³-hybridized carbons (Fsp3) is 0.345. The third-order valence-corrected chi connectivity index (χ3v) is 9.83. The number of rotatable bonds is 11. The quantitative estimate of drug-likeness (QED) is 0.264. The zero-order valence-corrected chi connectivity index (χ0v) is 22.9. The highest BCUT2D eigenvalue weighted by Gasteiger charge is 2.30. The molecule has 38 heavy (non-hydrogen) atoms. The number of thiophene rings is 1. The highest BCUT2D eigenvalue weighted by atomic mass is 32.2. The summed E-state index contributed by atoms with van der Waals surface area (Å²) in [5.41, 5.74) is 11.9. The number of ether oxygens (including phenoxy) is 1. The van der Waals surface area contributed by atoms with E-state index >= 15 is 0 Å². The summed E-state index contributed by atoms with van der Waals surface area (Å²) < 4.78 is 33.1. The molecule has 5 rings (SSSR count). The number of fused-ring (bicyclic) bond motifs is 1. The minimum absolute atomic E-state index is 0.00526. The van der Waals surface area contributed by atoms with Crippen molar-refractivity contribution in [3.05, 3.63) is 82.2 Å². The molecule has 3 N–H and O–H groups in total. The maximum absolute atomic E-state index is 12.9. The Morgan fingerprint density at radius 2 is 1.87 bits per heavy atom. The van der Waals surface area contributed by atoms with Crippen molar-refractivity contribution >= 4 is 38.2 Å². The number of carbonyl (C=O) groups is 1. The van der Waals surface area contributed by atoms with Gasteiger partial charge in [0.15, 0.2) is 0 Å². The summed E-state index contributed by atoms with van der Waals surface area (Å²) in [6.45, 7) is 1.71. The SMILES string of the molecule is NC(=O)Cc1cc(-c2ccccc2)cc2c(C3CCN(S(=O)(=O)CCOCCc4ccsc4)CC3)c[nH]c12. The van der Waals surface area contributed by atoms with Gasteiger partial charge in [-0.15, -0.1) is 0 Å². The number of sulfonamides is 1. The number of piperidine rings is 1. The van der Waals surface area contributed by atoms with Crippen LogP contribution in [0.15, 0.2) is 65.5 Å². The molecule has 7 nitrogen and oxygen atoms in total. The second kappa shape index (κ2) is 11.8. The summed E-state index contributed by atoms with van der Waals surface area (Å²) in [5, 5.41) is 5.18. The largest absolute Gasteiger partial charge is 0.380 e. The number of nitrogens with zero attached hydrogens (tertiary/aromatic N) is 1. The van der Waals surface area contributed by atoms with Crippen molar-refractivity contribution in [2.45, 2.75) is 31.6 Å². The summed E-state index contributed by atoms with van der Waals surface area (Å²) >= 11 is 1.65. The fourth-order valence-corrected chi connectivity index (χ4v) is 7.31. The Kier molecular flexibility index (Phi) is 8.28. The van der Waals surface area contributed by atoms with E-state index in [9.17, 15) is 13.2 Å². The van der Waals surface area contributed by atoms with Gasteiger partial charge in [0.05, 0.1) is 25.4 Å². The van der Waals surface area contributed by atoms with E-state index in [1.54, 1.807) is 15.6 Å². The van der Waals surface area contributed by atoms with Crippen LogP contribution >= 0.6 is 11.3 Å². The molecule has 1 saturated heterocycles. The maximum atomic E-state index is 12.9. The zero-order chi connectivity index (χ0) is 26.5. The highest BCUT2D eigenvalue weighted by Crippen LogP contribution is 2.37. The van der Waals surface area contributed by atoms with Crippen LogP contribution < -0.4 is 5.73 Å². The number of amides is 1. The highest BCUT2D eigenvalue weighted by molar-refractivity contribution is 7.89.